The van der Waals surface area contributed by atoms with Crippen molar-refractivity contribution in [1.29, 1.82) is 0 Å². The van der Waals surface area contributed by atoms with Crippen LogP contribution in [0.2, 0.25) is 0 Å². The zero-order chi connectivity index (χ0) is 19.6. The summed E-state index contributed by atoms with van der Waals surface area (Å²) in [5, 5.41) is 11.0. The molecule has 3 heterocycles. The largest absolute Gasteiger partial charge is 0.345 e. The SMILES string of the molecule is Cc1ccn(C(C)CN(C)C)c(=O)c1C(=O)NCc1nnc2ccccn12. The van der Waals surface area contributed by atoms with E-state index >= 15 is 0 Å². The molecule has 8 nitrogen and oxygen atoms in total. The van der Waals surface area contributed by atoms with Crippen LogP contribution in [0.25, 0.3) is 5.65 Å². The highest BCUT2D eigenvalue weighted by molar-refractivity contribution is 5.95. The minimum absolute atomic E-state index is 0.0416. The van der Waals surface area contributed by atoms with E-state index in [2.05, 4.69) is 15.5 Å². The number of hydrogen-bond donors (Lipinski definition) is 1. The van der Waals surface area contributed by atoms with Crippen molar-refractivity contribution >= 4 is 11.6 Å². The van der Waals surface area contributed by atoms with Gasteiger partial charge in [0.1, 0.15) is 5.56 Å². The Balaban J connectivity index is 1.83. The maximum atomic E-state index is 12.9. The fourth-order valence-corrected chi connectivity index (χ4v) is 3.14. The lowest BCUT2D eigenvalue weighted by atomic mass is 10.1. The van der Waals surface area contributed by atoms with Crippen molar-refractivity contribution in [3.8, 4) is 0 Å². The van der Waals surface area contributed by atoms with Gasteiger partial charge in [-0.05, 0) is 51.7 Å². The molecule has 0 bridgehead atoms. The van der Waals surface area contributed by atoms with Gasteiger partial charge in [0.25, 0.3) is 11.5 Å². The number of pyridine rings is 2. The van der Waals surface area contributed by atoms with Gasteiger partial charge in [-0.25, -0.2) is 0 Å². The third-order valence-electron chi connectivity index (χ3n) is 4.45. The van der Waals surface area contributed by atoms with Crippen molar-refractivity contribution in [1.82, 2.24) is 29.4 Å². The predicted molar refractivity (Wildman–Crippen MR) is 103 cm³/mol. The Hall–Kier alpha value is -3.00. The van der Waals surface area contributed by atoms with Gasteiger partial charge in [-0.1, -0.05) is 6.07 Å². The molecular weight excluding hydrogens is 344 g/mol. The smallest absolute Gasteiger partial charge is 0.263 e. The van der Waals surface area contributed by atoms with Crippen molar-refractivity contribution in [2.75, 3.05) is 20.6 Å². The number of aryl methyl sites for hydroxylation is 1. The van der Waals surface area contributed by atoms with Crippen LogP contribution < -0.4 is 10.9 Å². The molecule has 1 unspecified atom stereocenters. The second kappa shape index (κ2) is 7.71. The van der Waals surface area contributed by atoms with Crippen molar-refractivity contribution in [2.24, 2.45) is 0 Å². The van der Waals surface area contributed by atoms with E-state index < -0.39 is 5.91 Å². The molecule has 142 valence electrons. The third kappa shape index (κ3) is 3.90. The molecule has 3 aromatic heterocycles. The first-order valence-corrected chi connectivity index (χ1v) is 8.81. The molecule has 1 N–H and O–H groups in total. The number of fused-ring (bicyclic) bond motifs is 1. The second-order valence-corrected chi connectivity index (χ2v) is 6.93. The van der Waals surface area contributed by atoms with Crippen LogP contribution in [0.15, 0.2) is 41.5 Å². The van der Waals surface area contributed by atoms with E-state index in [9.17, 15) is 9.59 Å². The minimum atomic E-state index is -0.406. The van der Waals surface area contributed by atoms with Crippen LogP contribution in [0, 0.1) is 6.92 Å². The maximum Gasteiger partial charge on any atom is 0.263 e. The molecule has 0 spiro atoms. The van der Waals surface area contributed by atoms with Gasteiger partial charge in [-0.2, -0.15) is 0 Å². The number of likely N-dealkylation sites (N-methyl/N-ethyl adjacent to an activating group) is 1. The first-order chi connectivity index (χ1) is 12.9. The van der Waals surface area contributed by atoms with Crippen LogP contribution in [0.4, 0.5) is 0 Å². The fourth-order valence-electron chi connectivity index (χ4n) is 3.14. The number of nitrogens with zero attached hydrogens (tertiary/aromatic N) is 5. The number of hydrogen-bond acceptors (Lipinski definition) is 5. The molecule has 0 aliphatic carbocycles. The van der Waals surface area contributed by atoms with Crippen LogP contribution in [0.1, 0.15) is 34.7 Å². The van der Waals surface area contributed by atoms with E-state index in [4.69, 9.17) is 0 Å². The Morgan fingerprint density at radius 2 is 2.00 bits per heavy atom. The zero-order valence-corrected chi connectivity index (χ0v) is 16.0. The van der Waals surface area contributed by atoms with E-state index in [0.717, 1.165) is 0 Å². The van der Waals surface area contributed by atoms with Crippen LogP contribution >= 0.6 is 0 Å². The Labute approximate surface area is 157 Å². The second-order valence-electron chi connectivity index (χ2n) is 6.93. The summed E-state index contributed by atoms with van der Waals surface area (Å²) in [7, 11) is 3.90. The summed E-state index contributed by atoms with van der Waals surface area (Å²) in [6.07, 6.45) is 3.58. The number of aromatic nitrogens is 4. The average Bonchev–Trinajstić information content (AvgIpc) is 3.02. The van der Waals surface area contributed by atoms with Crippen LogP contribution in [0.5, 0.6) is 0 Å². The lowest BCUT2D eigenvalue weighted by molar-refractivity contribution is 0.0946. The molecule has 1 amide bonds. The van der Waals surface area contributed by atoms with Gasteiger partial charge >= 0.3 is 0 Å². The van der Waals surface area contributed by atoms with Gasteiger partial charge < -0.3 is 14.8 Å². The molecule has 0 aliphatic heterocycles. The highest BCUT2D eigenvalue weighted by Crippen LogP contribution is 2.09. The minimum Gasteiger partial charge on any atom is -0.345 e. The molecule has 8 heteroatoms. The highest BCUT2D eigenvalue weighted by atomic mass is 16.2. The fraction of sp³-hybridized carbons (Fsp3) is 0.368. The summed E-state index contributed by atoms with van der Waals surface area (Å²) >= 11 is 0. The van der Waals surface area contributed by atoms with Gasteiger partial charge in [0.15, 0.2) is 11.5 Å². The quantitative estimate of drug-likeness (QED) is 0.708. The summed E-state index contributed by atoms with van der Waals surface area (Å²) < 4.78 is 3.41. The number of amides is 1. The summed E-state index contributed by atoms with van der Waals surface area (Å²) in [6.45, 7) is 4.62. The molecule has 0 saturated heterocycles. The van der Waals surface area contributed by atoms with Crippen LogP contribution in [-0.4, -0.2) is 50.6 Å². The first-order valence-electron chi connectivity index (χ1n) is 8.81. The molecule has 1 atom stereocenters. The van der Waals surface area contributed by atoms with Crippen molar-refractivity contribution in [2.45, 2.75) is 26.4 Å². The van der Waals surface area contributed by atoms with E-state index in [1.54, 1.807) is 28.2 Å². The molecule has 0 saturated carbocycles. The van der Waals surface area contributed by atoms with Gasteiger partial charge in [0.2, 0.25) is 0 Å². The Bertz CT molecular complexity index is 1020. The number of carbonyl (C=O) groups is 1. The molecule has 0 aliphatic rings. The molecule has 3 aromatic rings. The first kappa shape index (κ1) is 18.8. The number of nitrogens with one attached hydrogen (secondary N) is 1. The summed E-state index contributed by atoms with van der Waals surface area (Å²) in [6, 6.07) is 7.34. The monoisotopic (exact) mass is 368 g/mol. The zero-order valence-electron chi connectivity index (χ0n) is 16.0. The Morgan fingerprint density at radius 1 is 1.22 bits per heavy atom. The van der Waals surface area contributed by atoms with E-state index in [1.807, 2.05) is 50.3 Å². The number of rotatable bonds is 6. The number of carbonyl (C=O) groups excluding carboxylic acids is 1. The summed E-state index contributed by atoms with van der Waals surface area (Å²) in [5.41, 5.74) is 1.24. The van der Waals surface area contributed by atoms with Gasteiger partial charge in [0, 0.05) is 25.0 Å². The van der Waals surface area contributed by atoms with Gasteiger partial charge in [-0.15, -0.1) is 10.2 Å². The predicted octanol–water partition coefficient (Wildman–Crippen LogP) is 1.25. The summed E-state index contributed by atoms with van der Waals surface area (Å²) in [4.78, 5) is 27.6. The van der Waals surface area contributed by atoms with Gasteiger partial charge in [-0.3, -0.25) is 14.0 Å². The maximum absolute atomic E-state index is 12.9. The lowest BCUT2D eigenvalue weighted by Gasteiger charge is -2.20. The molecule has 0 aromatic carbocycles. The molecule has 0 radical (unpaired) electrons. The van der Waals surface area contributed by atoms with Crippen molar-refractivity contribution < 1.29 is 4.79 Å². The third-order valence-corrected chi connectivity index (χ3v) is 4.45. The van der Waals surface area contributed by atoms with Gasteiger partial charge in [0.05, 0.1) is 6.54 Å². The Kier molecular flexibility index (Phi) is 5.36. The highest BCUT2D eigenvalue weighted by Gasteiger charge is 2.19. The summed E-state index contributed by atoms with van der Waals surface area (Å²) in [5.74, 6) is 0.199. The molecular formula is C19H24N6O2. The van der Waals surface area contributed by atoms with E-state index in [0.29, 0.717) is 23.6 Å². The van der Waals surface area contributed by atoms with Crippen LogP contribution in [-0.2, 0) is 6.54 Å². The van der Waals surface area contributed by atoms with Crippen molar-refractivity contribution in [3.05, 3.63) is 64.0 Å². The van der Waals surface area contributed by atoms with Crippen molar-refractivity contribution in [3.63, 3.8) is 0 Å². The molecule has 0 fully saturated rings. The Morgan fingerprint density at radius 3 is 2.74 bits per heavy atom. The molecule has 3 rings (SSSR count). The van der Waals surface area contributed by atoms with Crippen LogP contribution in [0.3, 0.4) is 0 Å². The van der Waals surface area contributed by atoms with E-state index in [-0.39, 0.29) is 23.7 Å². The molecule has 27 heavy (non-hydrogen) atoms. The lowest BCUT2D eigenvalue weighted by Crippen LogP contribution is -2.37. The van der Waals surface area contributed by atoms with E-state index in [1.165, 1.54) is 0 Å². The topological polar surface area (TPSA) is 84.5 Å². The average molecular weight is 368 g/mol. The normalized spacial score (nSPS) is 12.5. The standard InChI is InChI=1S/C19H24N6O2/c1-13-8-10-24(14(2)12-23(3)4)19(27)17(13)18(26)20-11-16-22-21-15-7-5-6-9-25(15)16/h5-10,14H,11-12H2,1-4H3,(H,20,26).